The molecule has 0 fully saturated rings. The van der Waals surface area contributed by atoms with Crippen molar-refractivity contribution in [3.05, 3.63) is 132 Å². The first-order valence-electron chi connectivity index (χ1n) is 16.6. The topological polar surface area (TPSA) is 50.9 Å². The van der Waals surface area contributed by atoms with Crippen LogP contribution in [-0.2, 0) is 21.1 Å². The van der Waals surface area contributed by atoms with Gasteiger partial charge in [-0.15, -0.1) is 24.3 Å². The molecule has 0 atom stereocenters. The molecule has 4 nitrogen and oxygen atoms in total. The number of nitrogens with zero attached hydrogens (tertiary/aromatic N) is 3. The van der Waals surface area contributed by atoms with E-state index in [4.69, 9.17) is 9.97 Å². The Morgan fingerprint density at radius 1 is 0.667 bits per heavy atom. The molecule has 0 bridgehead atoms. The molecule has 0 aliphatic rings. The van der Waals surface area contributed by atoms with Crippen molar-refractivity contribution in [3.63, 3.8) is 0 Å². The molecule has 244 valence electrons. The second-order valence-corrected chi connectivity index (χ2v) is 13.4. The molecule has 0 saturated heterocycles. The van der Waals surface area contributed by atoms with Crippen molar-refractivity contribution in [2.75, 3.05) is 0 Å². The molecule has 0 aliphatic carbocycles. The zero-order valence-electron chi connectivity index (χ0n) is 28.2. The van der Waals surface area contributed by atoms with Crippen LogP contribution in [0.5, 0.6) is 5.75 Å². The number of aromatic hydroxyl groups is 1. The summed E-state index contributed by atoms with van der Waals surface area (Å²) in [7, 11) is 0. The summed E-state index contributed by atoms with van der Waals surface area (Å²) in [5.74, 6) is 2.18. The van der Waals surface area contributed by atoms with E-state index in [0.29, 0.717) is 23.3 Å². The Morgan fingerprint density at radius 3 is 2.10 bits per heavy atom. The second kappa shape index (κ2) is 13.5. The number of para-hydroxylation sites is 1. The fraction of sp³-hybridized carbons (Fsp3) is 0.209. The van der Waals surface area contributed by atoms with Crippen LogP contribution < -0.4 is 0 Å². The summed E-state index contributed by atoms with van der Waals surface area (Å²) < 4.78 is 2.22. The van der Waals surface area contributed by atoms with Gasteiger partial charge in [0.05, 0.1) is 11.5 Å². The van der Waals surface area contributed by atoms with Crippen LogP contribution in [-0.4, -0.2) is 19.6 Å². The Balaban J connectivity index is 0.00000401. The molecular weight excluding hydrogens is 770 g/mol. The molecule has 48 heavy (non-hydrogen) atoms. The van der Waals surface area contributed by atoms with Crippen molar-refractivity contribution in [2.45, 2.75) is 59.3 Å². The normalized spacial score (nSPS) is 11.6. The number of rotatable bonds is 7. The zero-order chi connectivity index (χ0) is 32.8. The summed E-state index contributed by atoms with van der Waals surface area (Å²) in [5.41, 5.74) is 9.08. The maximum atomic E-state index is 11.5. The maximum absolute atomic E-state index is 11.5. The first-order chi connectivity index (χ1) is 22.7. The number of phenolic OH excluding ortho intramolecular Hbond substituents is 1. The average molecular weight is 810 g/mol. The molecule has 0 aliphatic heterocycles. The van der Waals surface area contributed by atoms with E-state index in [-0.39, 0.29) is 26.8 Å². The number of pyridine rings is 1. The number of hydrogen-bond donors (Lipinski definition) is 1. The number of aromatic nitrogens is 3. The smallest absolute Gasteiger partial charge is 0.132 e. The molecule has 5 aromatic carbocycles. The van der Waals surface area contributed by atoms with Gasteiger partial charge in [-0.2, -0.15) is 0 Å². The number of fused-ring (bicyclic) bond motifs is 2. The first kappa shape index (κ1) is 33.4. The summed E-state index contributed by atoms with van der Waals surface area (Å²) in [6, 6.07) is 37.2. The Morgan fingerprint density at radius 2 is 1.38 bits per heavy atom. The third kappa shape index (κ3) is 5.99. The van der Waals surface area contributed by atoms with E-state index in [9.17, 15) is 5.11 Å². The molecule has 0 spiro atoms. The largest absolute Gasteiger partial charge is 0.507 e. The fourth-order valence-corrected chi connectivity index (χ4v) is 6.65. The average Bonchev–Trinajstić information content (AvgIpc) is 3.57. The fourth-order valence-electron chi connectivity index (χ4n) is 6.65. The van der Waals surface area contributed by atoms with Crippen molar-refractivity contribution in [2.24, 2.45) is 0 Å². The van der Waals surface area contributed by atoms with E-state index in [1.165, 1.54) is 22.4 Å². The molecule has 2 heterocycles. The Hall–Kier alpha value is -4.53. The number of benzene rings is 5. The number of imidazole rings is 1. The summed E-state index contributed by atoms with van der Waals surface area (Å²) in [4.78, 5) is 10.1. The SMILES string of the molecule is CC(C)c1ccc2c(-c3ccc4ccccc4c3O)nc(-c3[c-]c(-c4nccn4-c4c(C(C)C)cccc4C(C)C)ccc3)cc2c1.[Pt]. The summed E-state index contributed by atoms with van der Waals surface area (Å²) in [5, 5.41) is 15.4. The van der Waals surface area contributed by atoms with E-state index < -0.39 is 0 Å². The van der Waals surface area contributed by atoms with Gasteiger partial charge in [-0.05, 0) is 51.3 Å². The van der Waals surface area contributed by atoms with E-state index in [0.717, 1.165) is 49.9 Å². The van der Waals surface area contributed by atoms with Gasteiger partial charge >= 0.3 is 0 Å². The molecule has 1 N–H and O–H groups in total. The van der Waals surface area contributed by atoms with E-state index in [1.807, 2.05) is 36.5 Å². The van der Waals surface area contributed by atoms with Gasteiger partial charge in [0.15, 0.2) is 0 Å². The van der Waals surface area contributed by atoms with Crippen LogP contribution in [0.2, 0.25) is 0 Å². The van der Waals surface area contributed by atoms with Crippen LogP contribution in [0.4, 0.5) is 0 Å². The Bertz CT molecular complexity index is 2240. The molecular formula is C43H40N3OPt-. The Labute approximate surface area is 297 Å². The predicted octanol–water partition coefficient (Wildman–Crippen LogP) is 11.4. The second-order valence-electron chi connectivity index (χ2n) is 13.4. The first-order valence-corrected chi connectivity index (χ1v) is 16.6. The molecule has 2 aromatic heterocycles. The maximum Gasteiger partial charge on any atom is 0.132 e. The van der Waals surface area contributed by atoms with Crippen molar-refractivity contribution in [1.29, 1.82) is 0 Å². The summed E-state index contributed by atoms with van der Waals surface area (Å²) in [6.07, 6.45) is 3.94. The molecule has 0 amide bonds. The van der Waals surface area contributed by atoms with Crippen molar-refractivity contribution >= 4 is 21.5 Å². The van der Waals surface area contributed by atoms with Gasteiger partial charge in [0.25, 0.3) is 0 Å². The van der Waals surface area contributed by atoms with Gasteiger partial charge in [-0.3, -0.25) is 9.97 Å². The summed E-state index contributed by atoms with van der Waals surface area (Å²) >= 11 is 0. The molecule has 7 rings (SSSR count). The van der Waals surface area contributed by atoms with Gasteiger partial charge in [0, 0.05) is 61.2 Å². The van der Waals surface area contributed by atoms with Gasteiger partial charge in [0.2, 0.25) is 0 Å². The summed E-state index contributed by atoms with van der Waals surface area (Å²) in [6.45, 7) is 13.4. The third-order valence-corrected chi connectivity index (χ3v) is 9.21. The van der Waals surface area contributed by atoms with E-state index in [2.05, 4.69) is 125 Å². The minimum absolute atomic E-state index is 0. The Kier molecular flexibility index (Phi) is 9.41. The van der Waals surface area contributed by atoms with Crippen molar-refractivity contribution < 1.29 is 26.2 Å². The third-order valence-electron chi connectivity index (χ3n) is 9.21. The standard InChI is InChI=1S/C43H40N3O.Pt/c1-26(2)30-18-19-36-33(23-30)25-39(45-40(36)38-20-17-29-11-7-8-14-37(29)42(38)47)31-12-9-13-32(24-31)43-44-21-22-46(43)41-34(27(3)4)15-10-16-35(41)28(5)6;/h7-23,25-28,47H,1-6H3;/q-1;. The van der Waals surface area contributed by atoms with Crippen LogP contribution in [0, 0.1) is 6.07 Å². The number of hydrogen-bond acceptors (Lipinski definition) is 3. The zero-order valence-corrected chi connectivity index (χ0v) is 30.5. The van der Waals surface area contributed by atoms with Gasteiger partial charge < -0.3 is 9.67 Å². The quantitative estimate of drug-likeness (QED) is 0.163. The minimum Gasteiger partial charge on any atom is -0.507 e. The van der Waals surface area contributed by atoms with Crippen molar-refractivity contribution in [1.82, 2.24) is 14.5 Å². The molecule has 0 saturated carbocycles. The molecule has 0 radical (unpaired) electrons. The van der Waals surface area contributed by atoms with Crippen LogP contribution in [0.1, 0.15) is 76.0 Å². The molecule has 7 aromatic rings. The van der Waals surface area contributed by atoms with E-state index in [1.54, 1.807) is 0 Å². The predicted molar refractivity (Wildman–Crippen MR) is 195 cm³/mol. The van der Waals surface area contributed by atoms with Gasteiger partial charge in [-0.1, -0.05) is 125 Å². The van der Waals surface area contributed by atoms with Gasteiger partial charge in [0.1, 0.15) is 5.75 Å². The van der Waals surface area contributed by atoms with E-state index >= 15 is 0 Å². The number of phenols is 1. The molecule has 0 unspecified atom stereocenters. The monoisotopic (exact) mass is 809 g/mol. The van der Waals surface area contributed by atoms with Crippen LogP contribution in [0.25, 0.3) is 61.1 Å². The van der Waals surface area contributed by atoms with Crippen molar-refractivity contribution in [3.8, 4) is 45.3 Å². The van der Waals surface area contributed by atoms with Crippen LogP contribution in [0.15, 0.2) is 109 Å². The van der Waals surface area contributed by atoms with Crippen LogP contribution in [0.3, 0.4) is 0 Å². The van der Waals surface area contributed by atoms with Crippen LogP contribution >= 0.6 is 0 Å². The minimum atomic E-state index is 0. The molecule has 5 heteroatoms. The van der Waals surface area contributed by atoms with Gasteiger partial charge in [-0.25, -0.2) is 0 Å².